The molecule has 23 heavy (non-hydrogen) atoms. The molecule has 2 rings (SSSR count). The van der Waals surface area contributed by atoms with E-state index in [0.717, 1.165) is 0 Å². The molecular formula is C17H26O5Si. The summed E-state index contributed by atoms with van der Waals surface area (Å²) in [7, 11) is -1.87. The molecule has 0 aliphatic carbocycles. The van der Waals surface area contributed by atoms with Gasteiger partial charge in [-0.2, -0.15) is 0 Å². The Kier molecular flexibility index (Phi) is 5.18. The van der Waals surface area contributed by atoms with Crippen molar-refractivity contribution in [2.75, 3.05) is 6.61 Å². The van der Waals surface area contributed by atoms with Crippen molar-refractivity contribution in [2.24, 2.45) is 0 Å². The van der Waals surface area contributed by atoms with E-state index in [2.05, 4.69) is 33.9 Å². The smallest absolute Gasteiger partial charge is 0.339 e. The highest BCUT2D eigenvalue weighted by molar-refractivity contribution is 6.74. The number of rotatable bonds is 4. The Morgan fingerprint density at radius 1 is 1.22 bits per heavy atom. The van der Waals surface area contributed by atoms with E-state index < -0.39 is 13.9 Å². The quantitative estimate of drug-likeness (QED) is 0.620. The van der Waals surface area contributed by atoms with E-state index in [1.165, 1.54) is 6.07 Å². The van der Waals surface area contributed by atoms with Gasteiger partial charge in [-0.1, -0.05) is 20.8 Å². The molecule has 1 aromatic rings. The topological polar surface area (TPSA) is 57.9 Å². The fourth-order valence-electron chi connectivity index (χ4n) is 1.95. The normalized spacial score (nSPS) is 22.2. The van der Waals surface area contributed by atoms with Gasteiger partial charge in [-0.3, -0.25) is 0 Å². The fraction of sp³-hybridized carbons (Fsp3) is 0.588. The lowest BCUT2D eigenvalue weighted by molar-refractivity contribution is -0.0818. The molecular weight excluding hydrogens is 312 g/mol. The molecule has 0 amide bonds. The lowest BCUT2D eigenvalue weighted by Crippen LogP contribution is -2.45. The van der Waals surface area contributed by atoms with Crippen molar-refractivity contribution in [3.05, 3.63) is 40.5 Å². The van der Waals surface area contributed by atoms with Gasteiger partial charge >= 0.3 is 5.63 Å². The highest BCUT2D eigenvalue weighted by atomic mass is 28.4. The zero-order valence-electron chi connectivity index (χ0n) is 14.7. The van der Waals surface area contributed by atoms with Crippen molar-refractivity contribution in [3.8, 4) is 5.75 Å². The summed E-state index contributed by atoms with van der Waals surface area (Å²) in [4.78, 5) is 11.3. The van der Waals surface area contributed by atoms with E-state index in [-0.39, 0.29) is 17.4 Å². The molecule has 0 saturated carbocycles. The molecule has 0 radical (unpaired) electrons. The zero-order valence-corrected chi connectivity index (χ0v) is 15.7. The van der Waals surface area contributed by atoms with Crippen LogP contribution in [-0.2, 0) is 9.16 Å². The molecule has 0 saturated heterocycles. The molecule has 1 aromatic heterocycles. The van der Waals surface area contributed by atoms with Gasteiger partial charge < -0.3 is 18.3 Å². The van der Waals surface area contributed by atoms with Crippen LogP contribution in [-0.4, -0.2) is 27.3 Å². The molecule has 0 aromatic carbocycles. The second kappa shape index (κ2) is 6.63. The van der Waals surface area contributed by atoms with Crippen LogP contribution in [0.15, 0.2) is 33.5 Å². The summed E-state index contributed by atoms with van der Waals surface area (Å²) in [5, 5.41) is 0.132. The first-order chi connectivity index (χ1) is 10.6. The summed E-state index contributed by atoms with van der Waals surface area (Å²) in [6, 6.07) is 3.02. The van der Waals surface area contributed by atoms with Gasteiger partial charge in [-0.25, -0.2) is 4.79 Å². The van der Waals surface area contributed by atoms with Gasteiger partial charge in [0, 0.05) is 6.07 Å². The second-order valence-electron chi connectivity index (χ2n) is 7.34. The summed E-state index contributed by atoms with van der Waals surface area (Å²) in [5.74, 6) is 1.01. The van der Waals surface area contributed by atoms with Crippen molar-refractivity contribution in [1.82, 2.24) is 0 Å². The molecule has 0 spiro atoms. The monoisotopic (exact) mass is 338 g/mol. The van der Waals surface area contributed by atoms with E-state index in [1.807, 2.05) is 12.2 Å². The minimum absolute atomic E-state index is 0.132. The minimum atomic E-state index is -1.87. The Morgan fingerprint density at radius 3 is 2.43 bits per heavy atom. The summed E-state index contributed by atoms with van der Waals surface area (Å²) < 4.78 is 22.6. The molecule has 5 nitrogen and oxygen atoms in total. The summed E-state index contributed by atoms with van der Waals surface area (Å²) in [5.41, 5.74) is -0.417. The first kappa shape index (κ1) is 18.0. The molecule has 1 aliphatic heterocycles. The van der Waals surface area contributed by atoms with Gasteiger partial charge in [-0.05, 0) is 37.2 Å². The van der Waals surface area contributed by atoms with Gasteiger partial charge in [0.2, 0.25) is 0 Å². The molecule has 6 heteroatoms. The van der Waals surface area contributed by atoms with Crippen molar-refractivity contribution in [3.63, 3.8) is 0 Å². The number of hydrogen-bond acceptors (Lipinski definition) is 5. The molecule has 0 N–H and O–H groups in total. The van der Waals surface area contributed by atoms with Crippen molar-refractivity contribution < 1.29 is 18.3 Å². The molecule has 0 fully saturated rings. The Morgan fingerprint density at radius 2 is 1.91 bits per heavy atom. The third kappa shape index (κ3) is 4.80. The zero-order chi connectivity index (χ0) is 17.3. The van der Waals surface area contributed by atoms with Gasteiger partial charge in [-0.15, -0.1) is 0 Å². The van der Waals surface area contributed by atoms with Crippen molar-refractivity contribution in [1.29, 1.82) is 0 Å². The summed E-state index contributed by atoms with van der Waals surface area (Å²) in [6.45, 7) is 13.1. The van der Waals surface area contributed by atoms with Crippen LogP contribution in [0.25, 0.3) is 0 Å². The predicted octanol–water partition coefficient (Wildman–Crippen LogP) is 3.63. The van der Waals surface area contributed by atoms with Gasteiger partial charge in [0.1, 0.15) is 17.6 Å². The SMILES string of the molecule is Cc1cc(O[C@@H]2C=C[C@@H](O[Si](C)(C)C(C)(C)C)OC2)cc(=O)o1. The highest BCUT2D eigenvalue weighted by Crippen LogP contribution is 2.37. The number of ether oxygens (including phenoxy) is 2. The molecule has 0 unspecified atom stereocenters. The van der Waals surface area contributed by atoms with E-state index >= 15 is 0 Å². The lowest BCUT2D eigenvalue weighted by Gasteiger charge is -2.39. The second-order valence-corrected chi connectivity index (χ2v) is 12.1. The maximum Gasteiger partial charge on any atom is 0.339 e. The Labute approximate surface area is 138 Å². The fourth-order valence-corrected chi connectivity index (χ4v) is 3.03. The van der Waals surface area contributed by atoms with E-state index in [4.69, 9.17) is 18.3 Å². The number of hydrogen-bond donors (Lipinski definition) is 0. The van der Waals surface area contributed by atoms with Crippen LogP contribution in [0.3, 0.4) is 0 Å². The minimum Gasteiger partial charge on any atom is -0.484 e. The number of aryl methyl sites for hydroxylation is 1. The molecule has 128 valence electrons. The van der Waals surface area contributed by atoms with Gasteiger partial charge in [0.25, 0.3) is 0 Å². The third-order valence-corrected chi connectivity index (χ3v) is 8.71. The highest BCUT2D eigenvalue weighted by Gasteiger charge is 2.39. The first-order valence-corrected chi connectivity index (χ1v) is 10.7. The van der Waals surface area contributed by atoms with Crippen LogP contribution in [0.2, 0.25) is 18.1 Å². The standard InChI is InChI=1S/C17H26O5Si/c1-12-9-14(10-15(18)20-12)21-13-7-8-16(19-11-13)22-23(5,6)17(2,3)4/h7-10,13,16H,11H2,1-6H3/t13-,16-/m1/s1. The van der Waals surface area contributed by atoms with Crippen LogP contribution in [0.1, 0.15) is 26.5 Å². The Balaban J connectivity index is 1.97. The Bertz CT molecular complexity index is 627. The molecule has 1 aliphatic rings. The van der Waals surface area contributed by atoms with E-state index in [0.29, 0.717) is 18.1 Å². The first-order valence-electron chi connectivity index (χ1n) is 7.83. The maximum atomic E-state index is 11.3. The van der Waals surface area contributed by atoms with Crippen LogP contribution in [0, 0.1) is 6.92 Å². The van der Waals surface area contributed by atoms with Crippen LogP contribution >= 0.6 is 0 Å². The molecule has 0 bridgehead atoms. The average Bonchev–Trinajstić information content (AvgIpc) is 2.38. The lowest BCUT2D eigenvalue weighted by atomic mass is 10.2. The van der Waals surface area contributed by atoms with Crippen LogP contribution in [0.5, 0.6) is 5.75 Å². The Hall–Kier alpha value is -1.37. The van der Waals surface area contributed by atoms with Crippen LogP contribution < -0.4 is 10.4 Å². The summed E-state index contributed by atoms with van der Waals surface area (Å²) >= 11 is 0. The van der Waals surface area contributed by atoms with Crippen LogP contribution in [0.4, 0.5) is 0 Å². The van der Waals surface area contributed by atoms with Crippen molar-refractivity contribution in [2.45, 2.75) is 58.2 Å². The predicted molar refractivity (Wildman–Crippen MR) is 91.3 cm³/mol. The third-order valence-electron chi connectivity index (χ3n) is 4.28. The van der Waals surface area contributed by atoms with Gasteiger partial charge in [0.15, 0.2) is 14.6 Å². The summed E-state index contributed by atoms with van der Waals surface area (Å²) in [6.07, 6.45) is 3.23. The largest absolute Gasteiger partial charge is 0.484 e. The van der Waals surface area contributed by atoms with E-state index in [1.54, 1.807) is 13.0 Å². The van der Waals surface area contributed by atoms with E-state index in [9.17, 15) is 4.79 Å². The maximum absolute atomic E-state index is 11.3. The van der Waals surface area contributed by atoms with Crippen molar-refractivity contribution >= 4 is 8.32 Å². The average molecular weight is 338 g/mol. The molecule has 2 heterocycles. The molecule has 2 atom stereocenters. The van der Waals surface area contributed by atoms with Gasteiger partial charge in [0.05, 0.1) is 12.7 Å².